The highest BCUT2D eigenvalue weighted by Crippen LogP contribution is 2.30. The van der Waals surface area contributed by atoms with E-state index in [1.165, 1.54) is 6.92 Å². The fourth-order valence-electron chi connectivity index (χ4n) is 2.62. The van der Waals surface area contributed by atoms with Crippen LogP contribution >= 0.6 is 0 Å². The second-order valence-electron chi connectivity index (χ2n) is 7.40. The molecule has 0 spiro atoms. The van der Waals surface area contributed by atoms with Crippen LogP contribution < -0.4 is 5.32 Å². The molecule has 0 bridgehead atoms. The highest BCUT2D eigenvalue weighted by Gasteiger charge is 2.27. The number of hydrogen-bond acceptors (Lipinski definition) is 5. The van der Waals surface area contributed by atoms with E-state index in [4.69, 9.17) is 14.6 Å². The van der Waals surface area contributed by atoms with Gasteiger partial charge in [0.25, 0.3) is 0 Å². The van der Waals surface area contributed by atoms with Gasteiger partial charge in [-0.3, -0.25) is 9.59 Å². The molecular formula is C17H29NO6. The molecule has 1 unspecified atom stereocenters. The Morgan fingerprint density at radius 3 is 2.21 bits per heavy atom. The molecular weight excluding hydrogens is 314 g/mol. The van der Waals surface area contributed by atoms with E-state index >= 15 is 0 Å². The zero-order valence-corrected chi connectivity index (χ0v) is 15.0. The number of nitrogens with one attached hydrogen (secondary N) is 1. The summed E-state index contributed by atoms with van der Waals surface area (Å²) in [7, 11) is 0. The van der Waals surface area contributed by atoms with Gasteiger partial charge in [0.05, 0.1) is 11.3 Å². The maximum absolute atomic E-state index is 11.7. The van der Waals surface area contributed by atoms with Crippen molar-refractivity contribution in [3.63, 3.8) is 0 Å². The number of carbonyl (C=O) groups is 3. The van der Waals surface area contributed by atoms with Crippen molar-refractivity contribution in [2.45, 2.75) is 66.1 Å². The topological polar surface area (TPSA) is 102 Å². The van der Waals surface area contributed by atoms with Gasteiger partial charge < -0.3 is 19.9 Å². The number of hydrogen-bond donors (Lipinski definition) is 2. The molecule has 1 aliphatic carbocycles. The largest absolute Gasteiger partial charge is 0.481 e. The minimum absolute atomic E-state index is 0.225. The Kier molecular flexibility index (Phi) is 7.51. The van der Waals surface area contributed by atoms with Gasteiger partial charge in [-0.05, 0) is 58.8 Å². The van der Waals surface area contributed by atoms with Crippen LogP contribution in [0, 0.1) is 17.3 Å². The van der Waals surface area contributed by atoms with Crippen molar-refractivity contribution in [3.05, 3.63) is 0 Å². The Morgan fingerprint density at radius 1 is 1.12 bits per heavy atom. The summed E-state index contributed by atoms with van der Waals surface area (Å²) in [6, 6.07) is 0. The van der Waals surface area contributed by atoms with E-state index < -0.39 is 29.7 Å². The van der Waals surface area contributed by atoms with Crippen LogP contribution in [0.3, 0.4) is 0 Å². The monoisotopic (exact) mass is 343 g/mol. The lowest BCUT2D eigenvalue weighted by atomic mass is 9.80. The molecule has 1 aliphatic rings. The summed E-state index contributed by atoms with van der Waals surface area (Å²) in [4.78, 5) is 34.2. The van der Waals surface area contributed by atoms with Gasteiger partial charge in [0, 0.05) is 13.5 Å². The molecule has 1 fully saturated rings. The minimum atomic E-state index is -0.942. The van der Waals surface area contributed by atoms with Crippen LogP contribution in [-0.4, -0.2) is 36.0 Å². The highest BCUT2D eigenvalue weighted by atomic mass is 16.7. The van der Waals surface area contributed by atoms with Crippen molar-refractivity contribution < 1.29 is 29.0 Å². The first-order chi connectivity index (χ1) is 11.1. The maximum Gasteiger partial charge on any atom is 0.410 e. The normalized spacial score (nSPS) is 22.3. The molecule has 1 atom stereocenters. The van der Waals surface area contributed by atoms with Gasteiger partial charge in [0.15, 0.2) is 0 Å². The molecule has 0 aromatic rings. The zero-order chi connectivity index (χ0) is 18.3. The average molecular weight is 343 g/mol. The highest BCUT2D eigenvalue weighted by molar-refractivity contribution is 5.75. The van der Waals surface area contributed by atoms with E-state index in [0.29, 0.717) is 25.3 Å². The van der Waals surface area contributed by atoms with Gasteiger partial charge in [-0.2, -0.15) is 0 Å². The van der Waals surface area contributed by atoms with Gasteiger partial charge in [0.2, 0.25) is 6.29 Å². The molecule has 0 aromatic carbocycles. The number of carboxylic acid groups (broad SMARTS) is 1. The van der Waals surface area contributed by atoms with Gasteiger partial charge in [0.1, 0.15) is 0 Å². The van der Waals surface area contributed by atoms with Crippen LogP contribution in [0.5, 0.6) is 0 Å². The third-order valence-corrected chi connectivity index (χ3v) is 4.18. The van der Waals surface area contributed by atoms with Crippen LogP contribution in [0.4, 0.5) is 4.79 Å². The number of esters is 1. The van der Waals surface area contributed by atoms with Crippen molar-refractivity contribution in [3.8, 4) is 0 Å². The molecule has 0 aromatic heterocycles. The Hall–Kier alpha value is -1.79. The number of amides is 1. The molecule has 0 radical (unpaired) electrons. The van der Waals surface area contributed by atoms with Crippen molar-refractivity contribution in [1.29, 1.82) is 0 Å². The van der Waals surface area contributed by atoms with Crippen molar-refractivity contribution in [2.24, 2.45) is 17.3 Å². The second kappa shape index (κ2) is 8.89. The van der Waals surface area contributed by atoms with Gasteiger partial charge in [-0.25, -0.2) is 4.79 Å². The van der Waals surface area contributed by atoms with Crippen LogP contribution in [0.25, 0.3) is 0 Å². The first-order valence-electron chi connectivity index (χ1n) is 8.48. The summed E-state index contributed by atoms with van der Waals surface area (Å²) in [5.74, 6) is -0.943. The third-order valence-electron chi connectivity index (χ3n) is 4.18. The van der Waals surface area contributed by atoms with Crippen LogP contribution in [-0.2, 0) is 19.1 Å². The van der Waals surface area contributed by atoms with E-state index in [1.807, 2.05) is 0 Å². The molecule has 24 heavy (non-hydrogen) atoms. The molecule has 7 nitrogen and oxygen atoms in total. The molecule has 2 N–H and O–H groups in total. The molecule has 0 heterocycles. The summed E-state index contributed by atoms with van der Waals surface area (Å²) in [6.07, 6.45) is 2.36. The summed E-state index contributed by atoms with van der Waals surface area (Å²) >= 11 is 0. The van der Waals surface area contributed by atoms with E-state index in [0.717, 1.165) is 19.3 Å². The van der Waals surface area contributed by atoms with Crippen molar-refractivity contribution in [2.75, 3.05) is 6.54 Å². The summed E-state index contributed by atoms with van der Waals surface area (Å²) in [5.41, 5.74) is -0.650. The van der Waals surface area contributed by atoms with E-state index in [-0.39, 0.29) is 5.92 Å². The number of aliphatic carboxylic acids is 1. The maximum atomic E-state index is 11.7. The molecule has 0 saturated heterocycles. The van der Waals surface area contributed by atoms with Gasteiger partial charge in [-0.1, -0.05) is 0 Å². The quantitative estimate of drug-likeness (QED) is 0.568. The Bertz CT molecular complexity index is 448. The molecule has 0 aliphatic heterocycles. The smallest absolute Gasteiger partial charge is 0.410 e. The fourth-order valence-corrected chi connectivity index (χ4v) is 2.62. The van der Waals surface area contributed by atoms with Crippen molar-refractivity contribution >= 4 is 18.0 Å². The summed E-state index contributed by atoms with van der Waals surface area (Å²) < 4.78 is 10.0. The van der Waals surface area contributed by atoms with E-state index in [2.05, 4.69) is 5.32 Å². The van der Waals surface area contributed by atoms with Crippen molar-refractivity contribution in [1.82, 2.24) is 5.32 Å². The predicted molar refractivity (Wildman–Crippen MR) is 87.2 cm³/mol. The lowest BCUT2D eigenvalue weighted by Gasteiger charge is -2.26. The minimum Gasteiger partial charge on any atom is -0.481 e. The van der Waals surface area contributed by atoms with Gasteiger partial charge >= 0.3 is 18.0 Å². The lowest BCUT2D eigenvalue weighted by molar-refractivity contribution is -0.174. The van der Waals surface area contributed by atoms with Crippen LogP contribution in [0.1, 0.15) is 59.8 Å². The average Bonchev–Trinajstić information content (AvgIpc) is 2.46. The molecule has 1 amide bonds. The fraction of sp³-hybridized carbons (Fsp3) is 0.824. The number of carboxylic acids is 1. The van der Waals surface area contributed by atoms with E-state index in [1.54, 1.807) is 20.8 Å². The summed E-state index contributed by atoms with van der Waals surface area (Å²) in [6.45, 7) is 7.13. The first-order valence-corrected chi connectivity index (χ1v) is 8.48. The van der Waals surface area contributed by atoms with Crippen LogP contribution in [0.15, 0.2) is 0 Å². The predicted octanol–water partition coefficient (Wildman–Crippen LogP) is 2.93. The number of alkyl carbamates (subject to hydrolysis) is 1. The molecule has 1 saturated carbocycles. The van der Waals surface area contributed by atoms with E-state index in [9.17, 15) is 14.4 Å². The Balaban J connectivity index is 2.18. The standard InChI is InChI=1S/C17H29NO6/c1-11(23-15(21)17(2,3)4)24-16(22)18-10-9-12-5-7-13(8-6-12)14(19)20/h11-13H,5-10H2,1-4H3,(H,18,22)(H,19,20). The summed E-state index contributed by atoms with van der Waals surface area (Å²) in [5, 5.41) is 11.6. The Labute approximate surface area is 143 Å². The number of ether oxygens (including phenoxy) is 2. The first kappa shape index (κ1) is 20.3. The van der Waals surface area contributed by atoms with Gasteiger partial charge in [-0.15, -0.1) is 0 Å². The third kappa shape index (κ3) is 7.19. The zero-order valence-electron chi connectivity index (χ0n) is 15.0. The molecule has 1 rings (SSSR count). The SMILES string of the molecule is CC(OC(=O)NCCC1CCC(C(=O)O)CC1)OC(=O)C(C)(C)C. The number of rotatable bonds is 6. The number of carbonyl (C=O) groups excluding carboxylic acids is 2. The molecule has 7 heteroatoms. The Morgan fingerprint density at radius 2 is 1.71 bits per heavy atom. The molecule has 138 valence electrons. The second-order valence-corrected chi connectivity index (χ2v) is 7.40. The van der Waals surface area contributed by atoms with Crippen LogP contribution in [0.2, 0.25) is 0 Å². The lowest BCUT2D eigenvalue weighted by Crippen LogP contribution is -2.34.